The van der Waals surface area contributed by atoms with Crippen molar-refractivity contribution in [1.82, 2.24) is 10.6 Å². The Bertz CT molecular complexity index is 725. The molecule has 0 heterocycles. The molecule has 0 bridgehead atoms. The lowest BCUT2D eigenvalue weighted by molar-refractivity contribution is -0.145. The van der Waals surface area contributed by atoms with Crippen LogP contribution in [0.3, 0.4) is 0 Å². The van der Waals surface area contributed by atoms with Crippen LogP contribution in [0, 0.1) is 11.7 Å². The van der Waals surface area contributed by atoms with E-state index in [1.165, 1.54) is 25.1 Å². The molecule has 0 unspecified atom stereocenters. The Hall–Kier alpha value is -2.97. The fourth-order valence-electron chi connectivity index (χ4n) is 2.70. The quantitative estimate of drug-likeness (QED) is 0.495. The number of carbonyl (C=O) groups excluding carboxylic acids is 4. The highest BCUT2D eigenvalue weighted by Crippen LogP contribution is 2.12. The van der Waals surface area contributed by atoms with Gasteiger partial charge in [-0.15, -0.1) is 0 Å². The van der Waals surface area contributed by atoms with Gasteiger partial charge >= 0.3 is 5.97 Å². The molecule has 8 nitrogen and oxygen atoms in total. The van der Waals surface area contributed by atoms with Crippen molar-refractivity contribution in [2.24, 2.45) is 11.7 Å². The van der Waals surface area contributed by atoms with Gasteiger partial charge in [0.2, 0.25) is 17.7 Å². The second kappa shape index (κ2) is 11.0. The van der Waals surface area contributed by atoms with Gasteiger partial charge in [0.1, 0.15) is 17.9 Å². The molecular formula is C19H26FN3O5. The zero-order valence-corrected chi connectivity index (χ0v) is 16.2. The van der Waals surface area contributed by atoms with Gasteiger partial charge in [0.05, 0.1) is 13.0 Å². The monoisotopic (exact) mass is 395 g/mol. The third-order valence-corrected chi connectivity index (χ3v) is 3.99. The molecule has 4 N–H and O–H groups in total. The van der Waals surface area contributed by atoms with E-state index in [9.17, 15) is 23.6 Å². The first-order valence-corrected chi connectivity index (χ1v) is 8.90. The summed E-state index contributed by atoms with van der Waals surface area (Å²) >= 11 is 0. The van der Waals surface area contributed by atoms with Crippen LogP contribution in [0.1, 0.15) is 32.8 Å². The number of amides is 3. The minimum absolute atomic E-state index is 0.0148. The van der Waals surface area contributed by atoms with Gasteiger partial charge in [0, 0.05) is 13.3 Å². The predicted octanol–water partition coefficient (Wildman–Crippen LogP) is 0.432. The van der Waals surface area contributed by atoms with E-state index in [0.29, 0.717) is 5.56 Å². The first-order valence-electron chi connectivity index (χ1n) is 8.90. The number of benzene rings is 1. The number of nitrogens with two attached hydrogens (primary N) is 1. The van der Waals surface area contributed by atoms with Crippen LogP contribution in [0.5, 0.6) is 0 Å². The molecule has 0 aliphatic heterocycles. The summed E-state index contributed by atoms with van der Waals surface area (Å²) in [6.07, 6.45) is -0.0999. The number of hydrogen-bond donors (Lipinski definition) is 3. The molecule has 1 rings (SSSR count). The third-order valence-electron chi connectivity index (χ3n) is 3.99. The van der Waals surface area contributed by atoms with Crippen LogP contribution in [0.2, 0.25) is 0 Å². The second-order valence-corrected chi connectivity index (χ2v) is 6.46. The van der Waals surface area contributed by atoms with E-state index in [1.807, 2.05) is 0 Å². The number of primary amides is 1. The molecule has 0 aliphatic carbocycles. The number of halogens is 1. The summed E-state index contributed by atoms with van der Waals surface area (Å²) in [5.41, 5.74) is 5.86. The average Bonchev–Trinajstić information content (AvgIpc) is 2.58. The Morgan fingerprint density at radius 2 is 1.89 bits per heavy atom. The molecule has 1 aromatic rings. The third kappa shape index (κ3) is 7.73. The van der Waals surface area contributed by atoms with Crippen molar-refractivity contribution in [1.29, 1.82) is 0 Å². The zero-order valence-electron chi connectivity index (χ0n) is 16.2. The van der Waals surface area contributed by atoms with Gasteiger partial charge in [-0.05, 0) is 30.5 Å². The summed E-state index contributed by atoms with van der Waals surface area (Å²) in [6.45, 7) is 4.66. The molecule has 0 aromatic heterocycles. The van der Waals surface area contributed by atoms with Crippen LogP contribution in [0.4, 0.5) is 4.39 Å². The van der Waals surface area contributed by atoms with Gasteiger partial charge in [-0.1, -0.05) is 19.1 Å². The Labute approximate surface area is 163 Å². The highest BCUT2D eigenvalue weighted by Gasteiger charge is 2.30. The first-order chi connectivity index (χ1) is 13.1. The maximum absolute atomic E-state index is 13.4. The van der Waals surface area contributed by atoms with E-state index in [1.54, 1.807) is 19.9 Å². The van der Waals surface area contributed by atoms with Crippen LogP contribution in [0.25, 0.3) is 0 Å². The second-order valence-electron chi connectivity index (χ2n) is 6.46. The minimum Gasteiger partial charge on any atom is -0.466 e. The van der Waals surface area contributed by atoms with E-state index < -0.39 is 47.5 Å². The first kappa shape index (κ1) is 23.1. The van der Waals surface area contributed by atoms with Crippen LogP contribution in [-0.2, 0) is 30.3 Å². The lowest BCUT2D eigenvalue weighted by Crippen LogP contribution is -2.55. The van der Waals surface area contributed by atoms with Crippen molar-refractivity contribution in [3.63, 3.8) is 0 Å². The zero-order chi connectivity index (χ0) is 21.3. The molecule has 0 saturated carbocycles. The normalized spacial score (nSPS) is 13.7. The molecule has 3 atom stereocenters. The highest BCUT2D eigenvalue weighted by molar-refractivity contribution is 5.91. The molecule has 1 aromatic carbocycles. The van der Waals surface area contributed by atoms with E-state index in [-0.39, 0.29) is 19.4 Å². The number of esters is 1. The fraction of sp³-hybridized carbons (Fsp3) is 0.474. The maximum atomic E-state index is 13.4. The van der Waals surface area contributed by atoms with Gasteiger partial charge in [-0.25, -0.2) is 4.39 Å². The average molecular weight is 395 g/mol. The molecule has 9 heteroatoms. The van der Waals surface area contributed by atoms with Crippen molar-refractivity contribution in [2.75, 3.05) is 6.61 Å². The van der Waals surface area contributed by atoms with Gasteiger partial charge < -0.3 is 21.1 Å². The predicted molar refractivity (Wildman–Crippen MR) is 99.2 cm³/mol. The topological polar surface area (TPSA) is 128 Å². The number of nitrogens with one attached hydrogen (secondary N) is 2. The molecular weight excluding hydrogens is 369 g/mol. The van der Waals surface area contributed by atoms with Crippen LogP contribution in [0.15, 0.2) is 24.3 Å². The van der Waals surface area contributed by atoms with Crippen molar-refractivity contribution in [2.45, 2.75) is 45.7 Å². The van der Waals surface area contributed by atoms with E-state index in [2.05, 4.69) is 10.6 Å². The van der Waals surface area contributed by atoms with Crippen molar-refractivity contribution in [3.8, 4) is 0 Å². The molecule has 0 aliphatic rings. The summed E-state index contributed by atoms with van der Waals surface area (Å²) in [5, 5.41) is 4.95. The van der Waals surface area contributed by atoms with Gasteiger partial charge in [0.25, 0.3) is 0 Å². The van der Waals surface area contributed by atoms with E-state index in [0.717, 1.165) is 0 Å². The van der Waals surface area contributed by atoms with Crippen molar-refractivity contribution >= 4 is 23.7 Å². The Kier molecular flexibility index (Phi) is 9.07. The molecule has 154 valence electrons. The Balaban J connectivity index is 2.91. The number of carbonyl (C=O) groups is 4. The Morgan fingerprint density at radius 3 is 2.43 bits per heavy atom. The fourth-order valence-corrected chi connectivity index (χ4v) is 2.70. The standard InChI is InChI=1S/C19H26FN3O5/c1-4-28-16(25)8-11(2)17(18(21)26)23-19(27)15(22-12(3)24)10-13-6-5-7-14(20)9-13/h5-7,9,11,15,17H,4,8,10H2,1-3H3,(H2,21,26)(H,22,24)(H,23,27)/t11-,15+,17-/m1/s1. The summed E-state index contributed by atoms with van der Waals surface area (Å²) < 4.78 is 18.2. The van der Waals surface area contributed by atoms with Gasteiger partial charge in [0.15, 0.2) is 0 Å². The summed E-state index contributed by atoms with van der Waals surface area (Å²) in [5.74, 6) is -3.57. The number of hydrogen-bond acceptors (Lipinski definition) is 5. The van der Waals surface area contributed by atoms with Crippen molar-refractivity contribution < 1.29 is 28.3 Å². The largest absolute Gasteiger partial charge is 0.466 e. The van der Waals surface area contributed by atoms with Crippen molar-refractivity contribution in [3.05, 3.63) is 35.6 Å². The lowest BCUT2D eigenvalue weighted by atomic mass is 9.96. The van der Waals surface area contributed by atoms with Crippen LogP contribution in [-0.4, -0.2) is 42.4 Å². The molecule has 0 spiro atoms. The smallest absolute Gasteiger partial charge is 0.306 e. The minimum atomic E-state index is -1.14. The summed E-state index contributed by atoms with van der Waals surface area (Å²) in [7, 11) is 0. The summed E-state index contributed by atoms with van der Waals surface area (Å²) in [6, 6.07) is 3.42. The number of ether oxygens (including phenoxy) is 1. The van der Waals surface area contributed by atoms with E-state index >= 15 is 0 Å². The lowest BCUT2D eigenvalue weighted by Gasteiger charge is -2.25. The van der Waals surface area contributed by atoms with Gasteiger partial charge in [-0.3, -0.25) is 19.2 Å². The molecule has 0 fully saturated rings. The maximum Gasteiger partial charge on any atom is 0.306 e. The SMILES string of the molecule is CCOC(=O)C[C@@H](C)[C@@H](NC(=O)[C@H](Cc1cccc(F)c1)NC(C)=O)C(N)=O. The molecule has 0 saturated heterocycles. The molecule has 3 amide bonds. The Morgan fingerprint density at radius 1 is 1.21 bits per heavy atom. The van der Waals surface area contributed by atoms with Gasteiger partial charge in [-0.2, -0.15) is 0 Å². The summed E-state index contributed by atoms with van der Waals surface area (Å²) in [4.78, 5) is 47.5. The van der Waals surface area contributed by atoms with Crippen LogP contribution >= 0.6 is 0 Å². The van der Waals surface area contributed by atoms with Crippen LogP contribution < -0.4 is 16.4 Å². The molecule has 0 radical (unpaired) electrons. The van der Waals surface area contributed by atoms with E-state index in [4.69, 9.17) is 10.5 Å². The molecule has 28 heavy (non-hydrogen) atoms. The number of rotatable bonds is 10. The highest BCUT2D eigenvalue weighted by atomic mass is 19.1.